The zero-order valence-electron chi connectivity index (χ0n) is 11.9. The Morgan fingerprint density at radius 3 is 2.45 bits per heavy atom. The summed E-state index contributed by atoms with van der Waals surface area (Å²) in [5.74, 6) is 0.918. The molecule has 0 saturated heterocycles. The fourth-order valence-corrected chi connectivity index (χ4v) is 2.61. The summed E-state index contributed by atoms with van der Waals surface area (Å²) in [5, 5.41) is 0. The van der Waals surface area contributed by atoms with Crippen molar-refractivity contribution < 1.29 is 4.74 Å². The molecular formula is C17H20BrNO. The van der Waals surface area contributed by atoms with E-state index in [1.54, 1.807) is 7.11 Å². The van der Waals surface area contributed by atoms with Crippen molar-refractivity contribution in [3.63, 3.8) is 0 Å². The number of rotatable bonds is 5. The third kappa shape index (κ3) is 4.09. The average Bonchev–Trinajstić information content (AvgIpc) is 2.41. The molecular weight excluding hydrogens is 314 g/mol. The maximum absolute atomic E-state index is 6.28. The number of halogens is 1. The topological polar surface area (TPSA) is 35.2 Å². The molecule has 2 nitrogen and oxygen atoms in total. The molecule has 1 unspecified atom stereocenters. The van der Waals surface area contributed by atoms with Gasteiger partial charge in [-0.3, -0.25) is 0 Å². The fourth-order valence-electron chi connectivity index (χ4n) is 2.34. The Balaban J connectivity index is 2.05. The number of methoxy groups -OCH3 is 1. The molecule has 2 aromatic carbocycles. The Morgan fingerprint density at radius 1 is 1.10 bits per heavy atom. The number of hydrogen-bond donors (Lipinski definition) is 1. The quantitative estimate of drug-likeness (QED) is 0.901. The van der Waals surface area contributed by atoms with Gasteiger partial charge in [-0.05, 0) is 49.1 Å². The minimum atomic E-state index is 0.0897. The van der Waals surface area contributed by atoms with E-state index in [0.29, 0.717) is 0 Å². The Morgan fingerprint density at radius 2 is 1.80 bits per heavy atom. The van der Waals surface area contributed by atoms with Gasteiger partial charge in [-0.2, -0.15) is 0 Å². The number of benzene rings is 2. The highest BCUT2D eigenvalue weighted by Gasteiger charge is 2.10. The molecule has 0 saturated carbocycles. The highest BCUT2D eigenvalue weighted by atomic mass is 79.9. The Labute approximate surface area is 129 Å². The molecule has 0 aromatic heterocycles. The van der Waals surface area contributed by atoms with Crippen molar-refractivity contribution in [1.82, 2.24) is 0 Å². The van der Waals surface area contributed by atoms with Crippen LogP contribution in [-0.4, -0.2) is 13.2 Å². The Bertz CT molecular complexity index is 566. The van der Waals surface area contributed by atoms with Gasteiger partial charge in [0.15, 0.2) is 0 Å². The highest BCUT2D eigenvalue weighted by molar-refractivity contribution is 9.10. The molecule has 106 valence electrons. The number of ether oxygens (including phenoxy) is 1. The smallest absolute Gasteiger partial charge is 0.122 e. The minimum absolute atomic E-state index is 0.0897. The molecule has 2 aromatic rings. The maximum Gasteiger partial charge on any atom is 0.122 e. The lowest BCUT2D eigenvalue weighted by molar-refractivity contribution is 0.407. The van der Waals surface area contributed by atoms with Crippen LogP contribution in [-0.2, 0) is 12.8 Å². The molecule has 0 aliphatic heterocycles. The summed E-state index contributed by atoms with van der Waals surface area (Å²) in [6, 6.07) is 14.6. The summed E-state index contributed by atoms with van der Waals surface area (Å²) in [4.78, 5) is 0. The summed E-state index contributed by atoms with van der Waals surface area (Å²) in [7, 11) is 1.70. The van der Waals surface area contributed by atoms with E-state index in [2.05, 4.69) is 59.3 Å². The summed E-state index contributed by atoms with van der Waals surface area (Å²) < 4.78 is 6.50. The molecule has 2 N–H and O–H groups in total. The van der Waals surface area contributed by atoms with Gasteiger partial charge < -0.3 is 10.5 Å². The van der Waals surface area contributed by atoms with E-state index >= 15 is 0 Å². The van der Waals surface area contributed by atoms with Crippen molar-refractivity contribution in [3.05, 3.63) is 63.6 Å². The van der Waals surface area contributed by atoms with Crippen LogP contribution in [0.2, 0.25) is 0 Å². The Hall–Kier alpha value is -1.32. The van der Waals surface area contributed by atoms with Gasteiger partial charge in [-0.25, -0.2) is 0 Å². The van der Waals surface area contributed by atoms with Crippen LogP contribution in [0.4, 0.5) is 0 Å². The molecule has 3 heteroatoms. The molecule has 20 heavy (non-hydrogen) atoms. The zero-order valence-corrected chi connectivity index (χ0v) is 13.5. The van der Waals surface area contributed by atoms with Gasteiger partial charge in [0.2, 0.25) is 0 Å². The molecule has 0 aliphatic rings. The Kier molecular flexibility index (Phi) is 5.21. The van der Waals surface area contributed by atoms with E-state index in [0.717, 1.165) is 23.1 Å². The lowest BCUT2D eigenvalue weighted by atomic mass is 9.98. The van der Waals surface area contributed by atoms with Crippen LogP contribution in [0.5, 0.6) is 5.75 Å². The second kappa shape index (κ2) is 6.91. The lowest BCUT2D eigenvalue weighted by Crippen LogP contribution is -2.25. The van der Waals surface area contributed by atoms with Gasteiger partial charge in [0.05, 0.1) is 7.11 Å². The highest BCUT2D eigenvalue weighted by Crippen LogP contribution is 2.22. The van der Waals surface area contributed by atoms with Crippen LogP contribution in [0, 0.1) is 6.92 Å². The van der Waals surface area contributed by atoms with E-state index in [1.807, 2.05) is 6.07 Å². The number of hydrogen-bond acceptors (Lipinski definition) is 2. The number of nitrogens with two attached hydrogens (primary N) is 1. The first kappa shape index (κ1) is 15.1. The first-order valence-electron chi connectivity index (χ1n) is 6.72. The van der Waals surface area contributed by atoms with E-state index < -0.39 is 0 Å². The van der Waals surface area contributed by atoms with Crippen molar-refractivity contribution in [2.45, 2.75) is 25.8 Å². The molecule has 0 fully saturated rings. The summed E-state index contributed by atoms with van der Waals surface area (Å²) in [6.45, 7) is 2.09. The van der Waals surface area contributed by atoms with Crippen molar-refractivity contribution in [3.8, 4) is 5.75 Å². The monoisotopic (exact) mass is 333 g/mol. The van der Waals surface area contributed by atoms with Crippen LogP contribution < -0.4 is 10.5 Å². The lowest BCUT2D eigenvalue weighted by Gasteiger charge is -2.15. The van der Waals surface area contributed by atoms with Gasteiger partial charge in [-0.1, -0.05) is 45.8 Å². The standard InChI is InChI=1S/C17H20BrNO/c1-12-3-8-17(20-2)14(9-12)11-16(19)10-13-4-6-15(18)7-5-13/h3-9,16H,10-11,19H2,1-2H3. The normalized spacial score (nSPS) is 12.2. The average molecular weight is 334 g/mol. The van der Waals surface area contributed by atoms with Crippen LogP contribution in [0.1, 0.15) is 16.7 Å². The van der Waals surface area contributed by atoms with Crippen molar-refractivity contribution in [2.75, 3.05) is 7.11 Å². The summed E-state index contributed by atoms with van der Waals surface area (Å²) in [6.07, 6.45) is 1.69. The maximum atomic E-state index is 6.28. The van der Waals surface area contributed by atoms with Crippen molar-refractivity contribution >= 4 is 15.9 Å². The SMILES string of the molecule is COc1ccc(C)cc1CC(N)Cc1ccc(Br)cc1. The van der Waals surface area contributed by atoms with E-state index in [9.17, 15) is 0 Å². The largest absolute Gasteiger partial charge is 0.496 e. The summed E-state index contributed by atoms with van der Waals surface area (Å²) in [5.41, 5.74) is 9.95. The van der Waals surface area contributed by atoms with E-state index in [4.69, 9.17) is 10.5 Å². The van der Waals surface area contributed by atoms with Crippen LogP contribution in [0.15, 0.2) is 46.9 Å². The van der Waals surface area contributed by atoms with Gasteiger partial charge in [-0.15, -0.1) is 0 Å². The van der Waals surface area contributed by atoms with Gasteiger partial charge in [0, 0.05) is 10.5 Å². The van der Waals surface area contributed by atoms with E-state index in [-0.39, 0.29) is 6.04 Å². The van der Waals surface area contributed by atoms with Crippen LogP contribution in [0.25, 0.3) is 0 Å². The van der Waals surface area contributed by atoms with E-state index in [1.165, 1.54) is 16.7 Å². The molecule has 0 spiro atoms. The third-order valence-corrected chi connectivity index (χ3v) is 3.86. The zero-order chi connectivity index (χ0) is 14.5. The first-order chi connectivity index (χ1) is 9.58. The third-order valence-electron chi connectivity index (χ3n) is 3.33. The van der Waals surface area contributed by atoms with Crippen molar-refractivity contribution in [2.24, 2.45) is 5.73 Å². The molecule has 0 bridgehead atoms. The fraction of sp³-hybridized carbons (Fsp3) is 0.294. The first-order valence-corrected chi connectivity index (χ1v) is 7.51. The predicted molar refractivity (Wildman–Crippen MR) is 87.3 cm³/mol. The molecule has 0 heterocycles. The van der Waals surface area contributed by atoms with Crippen LogP contribution >= 0.6 is 15.9 Å². The van der Waals surface area contributed by atoms with Gasteiger partial charge in [0.25, 0.3) is 0 Å². The van der Waals surface area contributed by atoms with Gasteiger partial charge in [0.1, 0.15) is 5.75 Å². The van der Waals surface area contributed by atoms with Crippen molar-refractivity contribution in [1.29, 1.82) is 0 Å². The molecule has 0 amide bonds. The molecule has 2 rings (SSSR count). The predicted octanol–water partition coefficient (Wildman–Crippen LogP) is 3.88. The second-order valence-corrected chi connectivity index (χ2v) is 6.03. The molecule has 1 atom stereocenters. The second-order valence-electron chi connectivity index (χ2n) is 5.11. The molecule has 0 aliphatic carbocycles. The minimum Gasteiger partial charge on any atom is -0.496 e. The molecule has 0 radical (unpaired) electrons. The van der Waals surface area contributed by atoms with Crippen LogP contribution in [0.3, 0.4) is 0 Å². The summed E-state index contributed by atoms with van der Waals surface area (Å²) >= 11 is 3.44. The van der Waals surface area contributed by atoms with Gasteiger partial charge >= 0.3 is 0 Å². The number of aryl methyl sites for hydroxylation is 1.